The first-order valence-electron chi connectivity index (χ1n) is 9.23. The molecule has 0 unspecified atom stereocenters. The number of urea groups is 1. The van der Waals surface area contributed by atoms with E-state index in [1.54, 1.807) is 0 Å². The molecule has 2 rings (SSSR count). The zero-order chi connectivity index (χ0) is 21.9. The Labute approximate surface area is 171 Å². The molecule has 8 nitrogen and oxygen atoms in total. The number of hydrogen-bond acceptors (Lipinski definition) is 6. The van der Waals surface area contributed by atoms with Crippen LogP contribution in [0.5, 0.6) is 0 Å². The van der Waals surface area contributed by atoms with Crippen LogP contribution >= 0.6 is 0 Å². The van der Waals surface area contributed by atoms with E-state index in [4.69, 9.17) is 0 Å². The van der Waals surface area contributed by atoms with E-state index in [9.17, 15) is 18.0 Å². The van der Waals surface area contributed by atoms with Crippen LogP contribution in [-0.4, -0.2) is 30.2 Å². The number of amides is 2. The average molecular weight is 419 g/mol. The van der Waals surface area contributed by atoms with E-state index in [-0.39, 0.29) is 23.2 Å². The summed E-state index contributed by atoms with van der Waals surface area (Å²) in [4.78, 5) is 31.1. The molecule has 1 aromatic heterocycles. The maximum Gasteiger partial charge on any atom is 0.333 e. The second-order valence-corrected chi connectivity index (χ2v) is 9.07. The van der Waals surface area contributed by atoms with Crippen molar-refractivity contribution < 1.29 is 18.0 Å². The van der Waals surface area contributed by atoms with Crippen molar-refractivity contribution in [1.82, 2.24) is 14.7 Å². The summed E-state index contributed by atoms with van der Waals surface area (Å²) in [7, 11) is -4.29. The SMILES string of the molecule is CC(=O)c1cnc(S(=O)(=O)NC(=O)Nc2c(C(C)C)cc(C)cc2C(C)C)nc1. The third kappa shape index (κ3) is 5.38. The predicted octanol–water partition coefficient (Wildman–Crippen LogP) is 3.74. The molecular weight excluding hydrogens is 392 g/mol. The molecule has 0 saturated heterocycles. The van der Waals surface area contributed by atoms with Gasteiger partial charge in [0.25, 0.3) is 5.16 Å². The third-order valence-corrected chi connectivity index (χ3v) is 5.47. The number of nitrogens with zero attached hydrogens (tertiary/aromatic N) is 2. The molecule has 2 N–H and O–H groups in total. The highest BCUT2D eigenvalue weighted by Crippen LogP contribution is 2.33. The Morgan fingerprint density at radius 2 is 1.45 bits per heavy atom. The fourth-order valence-electron chi connectivity index (χ4n) is 2.84. The number of aryl methyl sites for hydroxylation is 1. The minimum absolute atomic E-state index is 0.127. The van der Waals surface area contributed by atoms with E-state index in [2.05, 4.69) is 15.3 Å². The number of Topliss-reactive ketones (excluding diaryl/α,β-unsaturated/α-hetero) is 1. The van der Waals surface area contributed by atoms with Crippen molar-refractivity contribution >= 4 is 27.5 Å². The molecule has 9 heteroatoms. The summed E-state index contributed by atoms with van der Waals surface area (Å²) in [5.74, 6) is -0.0371. The molecule has 29 heavy (non-hydrogen) atoms. The zero-order valence-electron chi connectivity index (χ0n) is 17.4. The molecule has 0 bridgehead atoms. The summed E-state index contributed by atoms with van der Waals surface area (Å²) >= 11 is 0. The van der Waals surface area contributed by atoms with E-state index in [1.165, 1.54) is 6.92 Å². The number of aromatic nitrogens is 2. The Balaban J connectivity index is 2.31. The summed E-state index contributed by atoms with van der Waals surface area (Å²) in [6.07, 6.45) is 2.21. The molecule has 0 fully saturated rings. The predicted molar refractivity (Wildman–Crippen MR) is 111 cm³/mol. The Hall–Kier alpha value is -2.81. The number of carbonyl (C=O) groups excluding carboxylic acids is 2. The van der Waals surface area contributed by atoms with Gasteiger partial charge in [-0.25, -0.2) is 19.5 Å². The first-order valence-corrected chi connectivity index (χ1v) is 10.7. The van der Waals surface area contributed by atoms with Crippen LogP contribution in [0.2, 0.25) is 0 Å². The highest BCUT2D eigenvalue weighted by Gasteiger charge is 2.23. The number of carbonyl (C=O) groups is 2. The first kappa shape index (κ1) is 22.5. The monoisotopic (exact) mass is 418 g/mol. The van der Waals surface area contributed by atoms with E-state index in [1.807, 2.05) is 51.5 Å². The summed E-state index contributed by atoms with van der Waals surface area (Å²) in [6, 6.07) is 3.05. The van der Waals surface area contributed by atoms with Crippen LogP contribution in [0.1, 0.15) is 73.5 Å². The van der Waals surface area contributed by atoms with Crippen LogP contribution in [0.3, 0.4) is 0 Å². The van der Waals surface area contributed by atoms with Gasteiger partial charge in [-0.1, -0.05) is 45.4 Å². The summed E-state index contributed by atoms with van der Waals surface area (Å²) < 4.78 is 26.8. The van der Waals surface area contributed by atoms with Crippen molar-refractivity contribution in [3.63, 3.8) is 0 Å². The Kier molecular flexibility index (Phi) is 6.73. The molecule has 0 aliphatic rings. The molecule has 0 atom stereocenters. The maximum atomic E-state index is 12.5. The van der Waals surface area contributed by atoms with Crippen LogP contribution in [0.25, 0.3) is 0 Å². The van der Waals surface area contributed by atoms with Crippen LogP contribution in [0, 0.1) is 6.92 Å². The standard InChI is InChI=1S/C20H26N4O4S/c1-11(2)16-7-13(5)8-17(12(3)4)18(16)23-19(26)24-29(27,28)20-21-9-15(10-22-20)14(6)25/h7-12H,1-6H3,(H2,23,24,26). The lowest BCUT2D eigenvalue weighted by Crippen LogP contribution is -2.36. The third-order valence-electron chi connectivity index (χ3n) is 4.33. The van der Waals surface area contributed by atoms with Crippen molar-refractivity contribution in [2.24, 2.45) is 0 Å². The molecule has 0 aliphatic heterocycles. The van der Waals surface area contributed by atoms with Crippen LogP contribution in [-0.2, 0) is 10.0 Å². The number of benzene rings is 1. The molecule has 1 aromatic carbocycles. The van der Waals surface area contributed by atoms with Gasteiger partial charge in [-0.2, -0.15) is 8.42 Å². The van der Waals surface area contributed by atoms with Gasteiger partial charge in [0.1, 0.15) is 0 Å². The topological polar surface area (TPSA) is 118 Å². The second-order valence-electron chi connectivity index (χ2n) is 7.50. The minimum atomic E-state index is -4.29. The molecule has 2 amide bonds. The lowest BCUT2D eigenvalue weighted by atomic mass is 9.90. The van der Waals surface area contributed by atoms with Gasteiger partial charge < -0.3 is 5.32 Å². The molecule has 0 aliphatic carbocycles. The van der Waals surface area contributed by atoms with E-state index in [0.29, 0.717) is 5.69 Å². The van der Waals surface area contributed by atoms with Crippen LogP contribution in [0.4, 0.5) is 10.5 Å². The number of ketones is 1. The Bertz CT molecular complexity index is 1000. The summed E-state index contributed by atoms with van der Waals surface area (Å²) in [6.45, 7) is 11.3. The molecule has 156 valence electrons. The van der Waals surface area contributed by atoms with Crippen LogP contribution < -0.4 is 10.0 Å². The number of nitrogens with one attached hydrogen (secondary N) is 2. The average Bonchev–Trinajstić information content (AvgIpc) is 2.62. The first-order chi connectivity index (χ1) is 13.4. The molecule has 2 aromatic rings. The van der Waals surface area contributed by atoms with Crippen molar-refractivity contribution in [3.05, 3.63) is 46.8 Å². The lowest BCUT2D eigenvalue weighted by molar-refractivity contribution is 0.101. The van der Waals surface area contributed by atoms with Gasteiger partial charge in [-0.05, 0) is 36.8 Å². The van der Waals surface area contributed by atoms with Gasteiger partial charge in [0.15, 0.2) is 5.78 Å². The van der Waals surface area contributed by atoms with Crippen molar-refractivity contribution in [1.29, 1.82) is 0 Å². The summed E-state index contributed by atoms with van der Waals surface area (Å²) in [5.41, 5.74) is 3.68. The molecule has 0 radical (unpaired) electrons. The van der Waals surface area contributed by atoms with Gasteiger partial charge in [0, 0.05) is 18.1 Å². The lowest BCUT2D eigenvalue weighted by Gasteiger charge is -2.21. The molecule has 0 saturated carbocycles. The number of anilines is 1. The minimum Gasteiger partial charge on any atom is -0.307 e. The largest absolute Gasteiger partial charge is 0.333 e. The normalized spacial score (nSPS) is 11.6. The second kappa shape index (κ2) is 8.69. The fraction of sp³-hybridized carbons (Fsp3) is 0.400. The Morgan fingerprint density at radius 3 is 1.86 bits per heavy atom. The van der Waals surface area contributed by atoms with Crippen molar-refractivity contribution in [3.8, 4) is 0 Å². The quantitative estimate of drug-likeness (QED) is 0.545. The number of rotatable bonds is 6. The molecule has 1 heterocycles. The van der Waals surface area contributed by atoms with E-state index >= 15 is 0 Å². The zero-order valence-corrected chi connectivity index (χ0v) is 18.2. The molecule has 0 spiro atoms. The van der Waals surface area contributed by atoms with E-state index in [0.717, 1.165) is 29.1 Å². The van der Waals surface area contributed by atoms with Gasteiger partial charge in [0.2, 0.25) is 0 Å². The van der Waals surface area contributed by atoms with Crippen LogP contribution in [0.15, 0.2) is 29.7 Å². The van der Waals surface area contributed by atoms with Crippen molar-refractivity contribution in [2.75, 3.05) is 5.32 Å². The van der Waals surface area contributed by atoms with Gasteiger partial charge in [-0.15, -0.1) is 0 Å². The number of sulfonamides is 1. The van der Waals surface area contributed by atoms with Gasteiger partial charge in [0.05, 0.1) is 5.56 Å². The maximum absolute atomic E-state index is 12.5. The highest BCUT2D eigenvalue weighted by atomic mass is 32.2. The smallest absolute Gasteiger partial charge is 0.307 e. The van der Waals surface area contributed by atoms with Gasteiger partial charge in [-0.3, -0.25) is 4.79 Å². The molecular formula is C20H26N4O4S. The summed E-state index contributed by atoms with van der Waals surface area (Å²) in [5, 5.41) is 2.10. The fourth-order valence-corrected chi connectivity index (χ4v) is 3.61. The van der Waals surface area contributed by atoms with Crippen molar-refractivity contribution in [2.45, 2.75) is 58.5 Å². The number of hydrogen-bond donors (Lipinski definition) is 2. The highest BCUT2D eigenvalue weighted by molar-refractivity contribution is 7.89. The van der Waals surface area contributed by atoms with Gasteiger partial charge >= 0.3 is 16.1 Å². The Morgan fingerprint density at radius 1 is 0.966 bits per heavy atom. The van der Waals surface area contributed by atoms with E-state index < -0.39 is 21.2 Å².